The van der Waals surface area contributed by atoms with E-state index in [0.29, 0.717) is 6.54 Å². The first-order valence-corrected chi connectivity index (χ1v) is 6.25. The molecule has 1 atom stereocenters. The van der Waals surface area contributed by atoms with Gasteiger partial charge in [0.2, 0.25) is 0 Å². The smallest absolute Gasteiger partial charge is 0.0901 e. The minimum Gasteiger partial charge on any atom is -0.385 e. The van der Waals surface area contributed by atoms with Gasteiger partial charge in [0.05, 0.1) is 5.60 Å². The lowest BCUT2D eigenvalue weighted by Gasteiger charge is -2.37. The Kier molecular flexibility index (Phi) is 3.82. The highest BCUT2D eigenvalue weighted by Crippen LogP contribution is 2.37. The van der Waals surface area contributed by atoms with Crippen LogP contribution in [0.1, 0.15) is 30.9 Å². The molecule has 0 aliphatic carbocycles. The summed E-state index contributed by atoms with van der Waals surface area (Å²) in [5, 5.41) is 10.8. The van der Waals surface area contributed by atoms with Crippen LogP contribution < -0.4 is 5.73 Å². The van der Waals surface area contributed by atoms with Gasteiger partial charge in [0.15, 0.2) is 0 Å². The molecule has 94 valence electrons. The molecule has 0 amide bonds. The summed E-state index contributed by atoms with van der Waals surface area (Å²) in [5.74, 6) is 0.254. The van der Waals surface area contributed by atoms with Gasteiger partial charge < -0.3 is 15.6 Å². The van der Waals surface area contributed by atoms with E-state index in [9.17, 15) is 5.11 Å². The van der Waals surface area contributed by atoms with Gasteiger partial charge in [-0.25, -0.2) is 0 Å². The third-order valence-electron chi connectivity index (χ3n) is 3.80. The average molecular weight is 235 g/mol. The third-order valence-corrected chi connectivity index (χ3v) is 3.80. The molecule has 1 unspecified atom stereocenters. The number of aliphatic hydroxyl groups is 1. The van der Waals surface area contributed by atoms with Gasteiger partial charge in [0.25, 0.3) is 0 Å². The summed E-state index contributed by atoms with van der Waals surface area (Å²) in [6, 6.07) is 7.90. The number of nitrogens with two attached hydrogens (primary N) is 1. The summed E-state index contributed by atoms with van der Waals surface area (Å²) in [5.41, 5.74) is 6.93. The van der Waals surface area contributed by atoms with Gasteiger partial charge in [-0.1, -0.05) is 24.3 Å². The van der Waals surface area contributed by atoms with Crippen molar-refractivity contribution in [3.8, 4) is 0 Å². The Morgan fingerprint density at radius 1 is 1.35 bits per heavy atom. The van der Waals surface area contributed by atoms with Crippen LogP contribution in [-0.2, 0) is 16.9 Å². The van der Waals surface area contributed by atoms with Gasteiger partial charge in [-0.3, -0.25) is 0 Å². The summed E-state index contributed by atoms with van der Waals surface area (Å²) in [6.07, 6.45) is 1.82. The first-order chi connectivity index (χ1) is 8.16. The molecule has 3 heteroatoms. The Morgan fingerprint density at radius 2 is 2.00 bits per heavy atom. The molecule has 3 N–H and O–H groups in total. The van der Waals surface area contributed by atoms with E-state index >= 15 is 0 Å². The molecule has 17 heavy (non-hydrogen) atoms. The zero-order valence-electron chi connectivity index (χ0n) is 10.4. The highest BCUT2D eigenvalue weighted by Gasteiger charge is 2.35. The second-order valence-electron chi connectivity index (χ2n) is 4.90. The van der Waals surface area contributed by atoms with E-state index in [-0.39, 0.29) is 5.92 Å². The molecule has 1 aliphatic rings. The fourth-order valence-corrected chi connectivity index (χ4v) is 2.67. The first-order valence-electron chi connectivity index (χ1n) is 6.25. The number of ether oxygens (including phenoxy) is 1. The normalized spacial score (nSPS) is 21.1. The Balaban J connectivity index is 2.29. The molecule has 0 bridgehead atoms. The maximum Gasteiger partial charge on any atom is 0.0901 e. The number of benzene rings is 1. The van der Waals surface area contributed by atoms with E-state index in [2.05, 4.69) is 0 Å². The Labute approximate surface area is 103 Å². The molecule has 1 saturated heterocycles. The van der Waals surface area contributed by atoms with E-state index in [1.54, 1.807) is 0 Å². The van der Waals surface area contributed by atoms with Crippen LogP contribution in [0, 0.1) is 5.92 Å². The van der Waals surface area contributed by atoms with Gasteiger partial charge in [-0.15, -0.1) is 0 Å². The van der Waals surface area contributed by atoms with Crippen LogP contribution in [0.5, 0.6) is 0 Å². The molecule has 0 aromatic heterocycles. The van der Waals surface area contributed by atoms with E-state index in [0.717, 1.165) is 37.2 Å². The Morgan fingerprint density at radius 3 is 2.65 bits per heavy atom. The first kappa shape index (κ1) is 12.6. The van der Waals surface area contributed by atoms with Gasteiger partial charge in [-0.05, 0) is 36.8 Å². The van der Waals surface area contributed by atoms with Crippen molar-refractivity contribution >= 4 is 0 Å². The lowest BCUT2D eigenvalue weighted by molar-refractivity contribution is -0.0584. The van der Waals surface area contributed by atoms with Crippen molar-refractivity contribution in [2.24, 2.45) is 11.7 Å². The Hall–Kier alpha value is -0.900. The van der Waals surface area contributed by atoms with Crippen molar-refractivity contribution in [3.05, 3.63) is 35.4 Å². The van der Waals surface area contributed by atoms with Crippen molar-refractivity contribution in [2.45, 2.75) is 31.9 Å². The molecule has 3 nitrogen and oxygen atoms in total. The molecule has 2 rings (SSSR count). The highest BCUT2D eigenvalue weighted by atomic mass is 16.5. The van der Waals surface area contributed by atoms with E-state index in [1.807, 2.05) is 31.2 Å². The molecule has 0 spiro atoms. The predicted octanol–water partition coefficient (Wildman–Crippen LogP) is 1.78. The SMILES string of the molecule is CC(O)(c1ccccc1CN)C1CCOCC1. The molecule has 1 aromatic carbocycles. The minimum absolute atomic E-state index is 0.254. The van der Waals surface area contributed by atoms with Crippen LogP contribution in [0.4, 0.5) is 0 Å². The molecular formula is C14H21NO2. The molecule has 0 saturated carbocycles. The minimum atomic E-state index is -0.806. The fraction of sp³-hybridized carbons (Fsp3) is 0.571. The van der Waals surface area contributed by atoms with Gasteiger partial charge in [0.1, 0.15) is 0 Å². The average Bonchev–Trinajstić information content (AvgIpc) is 2.39. The molecular weight excluding hydrogens is 214 g/mol. The lowest BCUT2D eigenvalue weighted by Crippen LogP contribution is -2.37. The summed E-state index contributed by atoms with van der Waals surface area (Å²) in [4.78, 5) is 0. The number of hydrogen-bond acceptors (Lipinski definition) is 3. The van der Waals surface area contributed by atoms with Crippen LogP contribution in [-0.4, -0.2) is 18.3 Å². The quantitative estimate of drug-likeness (QED) is 0.839. The van der Waals surface area contributed by atoms with E-state index < -0.39 is 5.60 Å². The van der Waals surface area contributed by atoms with Crippen molar-refractivity contribution < 1.29 is 9.84 Å². The maximum atomic E-state index is 10.8. The predicted molar refractivity (Wildman–Crippen MR) is 67.4 cm³/mol. The lowest BCUT2D eigenvalue weighted by atomic mass is 9.77. The zero-order chi connectivity index (χ0) is 12.3. The fourth-order valence-electron chi connectivity index (χ4n) is 2.67. The van der Waals surface area contributed by atoms with Crippen molar-refractivity contribution in [3.63, 3.8) is 0 Å². The summed E-state index contributed by atoms with van der Waals surface area (Å²) >= 11 is 0. The topological polar surface area (TPSA) is 55.5 Å². The van der Waals surface area contributed by atoms with E-state index in [4.69, 9.17) is 10.5 Å². The molecule has 0 radical (unpaired) electrons. The molecule has 1 aromatic rings. The highest BCUT2D eigenvalue weighted by molar-refractivity contribution is 5.32. The van der Waals surface area contributed by atoms with Crippen molar-refractivity contribution in [1.82, 2.24) is 0 Å². The van der Waals surface area contributed by atoms with Crippen LogP contribution in [0.15, 0.2) is 24.3 Å². The zero-order valence-corrected chi connectivity index (χ0v) is 10.4. The second-order valence-corrected chi connectivity index (χ2v) is 4.90. The Bertz CT molecular complexity index is 370. The van der Waals surface area contributed by atoms with Crippen LogP contribution in [0.2, 0.25) is 0 Å². The summed E-state index contributed by atoms with van der Waals surface area (Å²) in [6.45, 7) is 3.85. The van der Waals surface area contributed by atoms with Crippen molar-refractivity contribution in [1.29, 1.82) is 0 Å². The van der Waals surface area contributed by atoms with Crippen molar-refractivity contribution in [2.75, 3.05) is 13.2 Å². The summed E-state index contributed by atoms with van der Waals surface area (Å²) in [7, 11) is 0. The van der Waals surface area contributed by atoms with Gasteiger partial charge in [0, 0.05) is 19.8 Å². The number of hydrogen-bond donors (Lipinski definition) is 2. The monoisotopic (exact) mass is 235 g/mol. The van der Waals surface area contributed by atoms with E-state index in [1.165, 1.54) is 0 Å². The molecule has 1 heterocycles. The number of rotatable bonds is 3. The maximum absolute atomic E-state index is 10.8. The summed E-state index contributed by atoms with van der Waals surface area (Å²) < 4.78 is 5.35. The molecule has 1 fully saturated rings. The molecule has 1 aliphatic heterocycles. The van der Waals surface area contributed by atoms with Gasteiger partial charge >= 0.3 is 0 Å². The van der Waals surface area contributed by atoms with Gasteiger partial charge in [-0.2, -0.15) is 0 Å². The third kappa shape index (κ3) is 2.51. The largest absolute Gasteiger partial charge is 0.385 e. The van der Waals surface area contributed by atoms with Crippen LogP contribution >= 0.6 is 0 Å². The standard InChI is InChI=1S/C14H21NO2/c1-14(16,12-6-8-17-9-7-12)13-5-3-2-4-11(13)10-15/h2-5,12,16H,6-10,15H2,1H3. The second kappa shape index (κ2) is 5.17. The van der Waals surface area contributed by atoms with Crippen LogP contribution in [0.3, 0.4) is 0 Å². The van der Waals surface area contributed by atoms with Crippen LogP contribution in [0.25, 0.3) is 0 Å².